The molecule has 0 unspecified atom stereocenters. The first kappa shape index (κ1) is 14.7. The van der Waals surface area contributed by atoms with E-state index in [-0.39, 0.29) is 5.97 Å². The van der Waals surface area contributed by atoms with E-state index in [1.807, 2.05) is 0 Å². The van der Waals surface area contributed by atoms with Crippen LogP contribution in [0.2, 0.25) is 10.0 Å². The topological polar surface area (TPSA) is 35.5 Å². The largest absolute Gasteiger partial charge is 0.496 e. The van der Waals surface area contributed by atoms with Crippen LogP contribution in [0.5, 0.6) is 0 Å². The summed E-state index contributed by atoms with van der Waals surface area (Å²) in [6.45, 7) is 0. The molecule has 21 heavy (non-hydrogen) atoms. The fourth-order valence-electron chi connectivity index (χ4n) is 3.26. The zero-order valence-electron chi connectivity index (χ0n) is 11.7. The average Bonchev–Trinajstić information content (AvgIpc) is 2.71. The minimum atomic E-state index is -0.609. The lowest BCUT2D eigenvalue weighted by molar-refractivity contribution is -0.149. The van der Waals surface area contributed by atoms with Crippen molar-refractivity contribution in [3.05, 3.63) is 39.6 Å². The number of carbonyl (C=O) groups excluding carboxylic acids is 1. The molecule has 1 aromatic rings. The van der Waals surface area contributed by atoms with Gasteiger partial charge in [-0.3, -0.25) is 0 Å². The second kappa shape index (κ2) is 5.54. The standard InChI is InChI=1S/C16H16Cl2O3/c1-20-14-13(11-6-5-10(17)9-12(11)18)15(19)21-16(14)7-3-2-4-8-16/h5-6,9H,2-4,7-8H2,1H3. The van der Waals surface area contributed by atoms with Crippen LogP contribution in [0.1, 0.15) is 37.7 Å². The van der Waals surface area contributed by atoms with Gasteiger partial charge in [0, 0.05) is 10.6 Å². The quantitative estimate of drug-likeness (QED) is 0.744. The average molecular weight is 327 g/mol. The fourth-order valence-corrected chi connectivity index (χ4v) is 3.76. The van der Waals surface area contributed by atoms with E-state index in [1.165, 1.54) is 0 Å². The molecule has 0 N–H and O–H groups in total. The van der Waals surface area contributed by atoms with Crippen LogP contribution < -0.4 is 0 Å². The Kier molecular flexibility index (Phi) is 3.89. The molecule has 0 amide bonds. The molecule has 0 atom stereocenters. The molecule has 0 radical (unpaired) electrons. The molecule has 112 valence electrons. The van der Waals surface area contributed by atoms with Gasteiger partial charge in [0.1, 0.15) is 5.57 Å². The molecular formula is C16H16Cl2O3. The van der Waals surface area contributed by atoms with Crippen LogP contribution in [0.25, 0.3) is 5.57 Å². The number of halogens is 2. The lowest BCUT2D eigenvalue weighted by atomic mass is 9.82. The fraction of sp³-hybridized carbons (Fsp3) is 0.438. The van der Waals surface area contributed by atoms with Crippen molar-refractivity contribution in [3.63, 3.8) is 0 Å². The molecule has 0 saturated heterocycles. The highest BCUT2D eigenvalue weighted by atomic mass is 35.5. The van der Waals surface area contributed by atoms with E-state index in [9.17, 15) is 4.79 Å². The lowest BCUT2D eigenvalue weighted by Gasteiger charge is -2.33. The molecule has 1 saturated carbocycles. The Morgan fingerprint density at radius 3 is 2.52 bits per heavy atom. The van der Waals surface area contributed by atoms with Crippen LogP contribution in [0.4, 0.5) is 0 Å². The van der Waals surface area contributed by atoms with E-state index in [0.717, 1.165) is 32.1 Å². The first-order valence-electron chi connectivity index (χ1n) is 7.05. The molecular weight excluding hydrogens is 311 g/mol. The van der Waals surface area contributed by atoms with Crippen molar-refractivity contribution >= 4 is 34.7 Å². The number of hydrogen-bond acceptors (Lipinski definition) is 3. The maximum Gasteiger partial charge on any atom is 0.343 e. The molecule has 1 heterocycles. The van der Waals surface area contributed by atoms with Gasteiger partial charge in [0.2, 0.25) is 0 Å². The summed E-state index contributed by atoms with van der Waals surface area (Å²) in [5.41, 5.74) is 0.439. The number of ether oxygens (including phenoxy) is 2. The van der Waals surface area contributed by atoms with Gasteiger partial charge in [0.25, 0.3) is 0 Å². The zero-order valence-corrected chi connectivity index (χ0v) is 13.3. The van der Waals surface area contributed by atoms with Gasteiger partial charge in [0.05, 0.1) is 12.1 Å². The van der Waals surface area contributed by atoms with Crippen molar-refractivity contribution in [3.8, 4) is 0 Å². The molecule has 1 aliphatic heterocycles. The van der Waals surface area contributed by atoms with Gasteiger partial charge in [-0.05, 0) is 37.8 Å². The molecule has 1 fully saturated rings. The van der Waals surface area contributed by atoms with Crippen LogP contribution in [-0.4, -0.2) is 18.7 Å². The van der Waals surface area contributed by atoms with Crippen molar-refractivity contribution in [1.82, 2.24) is 0 Å². The van der Waals surface area contributed by atoms with Gasteiger partial charge in [-0.1, -0.05) is 35.7 Å². The minimum absolute atomic E-state index is 0.363. The number of rotatable bonds is 2. The lowest BCUT2D eigenvalue weighted by Crippen LogP contribution is -2.35. The van der Waals surface area contributed by atoms with Gasteiger partial charge >= 0.3 is 5.97 Å². The Morgan fingerprint density at radius 2 is 1.90 bits per heavy atom. The molecule has 2 aliphatic rings. The highest BCUT2D eigenvalue weighted by molar-refractivity contribution is 6.37. The Morgan fingerprint density at radius 1 is 1.19 bits per heavy atom. The van der Waals surface area contributed by atoms with Gasteiger partial charge in [-0.15, -0.1) is 0 Å². The summed E-state index contributed by atoms with van der Waals surface area (Å²) in [6.07, 6.45) is 4.82. The van der Waals surface area contributed by atoms with Crippen LogP contribution >= 0.6 is 23.2 Å². The maximum absolute atomic E-state index is 12.4. The van der Waals surface area contributed by atoms with Crippen molar-refractivity contribution in [2.24, 2.45) is 0 Å². The normalized spacial score (nSPS) is 20.8. The van der Waals surface area contributed by atoms with Crippen molar-refractivity contribution < 1.29 is 14.3 Å². The van der Waals surface area contributed by atoms with E-state index < -0.39 is 5.60 Å². The molecule has 3 rings (SSSR count). The SMILES string of the molecule is COC1=C(c2ccc(Cl)cc2Cl)C(=O)OC12CCCCC2. The molecule has 0 aromatic heterocycles. The van der Waals surface area contributed by atoms with Crippen LogP contribution in [0.15, 0.2) is 24.0 Å². The van der Waals surface area contributed by atoms with Gasteiger partial charge in [0.15, 0.2) is 11.4 Å². The van der Waals surface area contributed by atoms with E-state index in [0.29, 0.717) is 26.9 Å². The molecule has 1 aliphatic carbocycles. The van der Waals surface area contributed by atoms with Gasteiger partial charge in [-0.25, -0.2) is 4.79 Å². The van der Waals surface area contributed by atoms with E-state index in [2.05, 4.69) is 0 Å². The first-order chi connectivity index (χ1) is 10.1. The summed E-state index contributed by atoms with van der Waals surface area (Å²) in [6, 6.07) is 5.07. The third kappa shape index (κ3) is 2.43. The Bertz CT molecular complexity index is 616. The number of esters is 1. The molecule has 5 heteroatoms. The predicted octanol–water partition coefficient (Wildman–Crippen LogP) is 4.61. The Labute approximate surface area is 133 Å². The van der Waals surface area contributed by atoms with Gasteiger partial charge in [-0.2, -0.15) is 0 Å². The Balaban J connectivity index is 2.13. The minimum Gasteiger partial charge on any atom is -0.496 e. The van der Waals surface area contributed by atoms with Gasteiger partial charge < -0.3 is 9.47 Å². The second-order valence-electron chi connectivity index (χ2n) is 5.48. The number of methoxy groups -OCH3 is 1. The molecule has 0 bridgehead atoms. The van der Waals surface area contributed by atoms with E-state index in [1.54, 1.807) is 25.3 Å². The highest BCUT2D eigenvalue weighted by Crippen LogP contribution is 2.47. The van der Waals surface area contributed by atoms with Crippen LogP contribution in [-0.2, 0) is 14.3 Å². The van der Waals surface area contributed by atoms with E-state index >= 15 is 0 Å². The predicted molar refractivity (Wildman–Crippen MR) is 82.3 cm³/mol. The summed E-state index contributed by atoms with van der Waals surface area (Å²) < 4.78 is 11.3. The zero-order chi connectivity index (χ0) is 15.0. The third-order valence-corrected chi connectivity index (χ3v) is 4.75. The number of benzene rings is 1. The van der Waals surface area contributed by atoms with Crippen molar-refractivity contribution in [1.29, 1.82) is 0 Å². The van der Waals surface area contributed by atoms with Crippen molar-refractivity contribution in [2.75, 3.05) is 7.11 Å². The van der Waals surface area contributed by atoms with E-state index in [4.69, 9.17) is 32.7 Å². The molecule has 1 aromatic carbocycles. The maximum atomic E-state index is 12.4. The summed E-state index contributed by atoms with van der Waals surface area (Å²) in [7, 11) is 1.58. The summed E-state index contributed by atoms with van der Waals surface area (Å²) in [4.78, 5) is 12.4. The smallest absolute Gasteiger partial charge is 0.343 e. The van der Waals surface area contributed by atoms with Crippen molar-refractivity contribution in [2.45, 2.75) is 37.7 Å². The summed E-state index contributed by atoms with van der Waals surface area (Å²) >= 11 is 12.2. The summed E-state index contributed by atoms with van der Waals surface area (Å²) in [5.74, 6) is 0.245. The second-order valence-corrected chi connectivity index (χ2v) is 6.32. The van der Waals surface area contributed by atoms with Crippen LogP contribution in [0.3, 0.4) is 0 Å². The summed E-state index contributed by atoms with van der Waals surface area (Å²) in [5, 5.41) is 0.957. The Hall–Kier alpha value is -1.19. The monoisotopic (exact) mass is 326 g/mol. The number of hydrogen-bond donors (Lipinski definition) is 0. The first-order valence-corrected chi connectivity index (χ1v) is 7.80. The highest BCUT2D eigenvalue weighted by Gasteiger charge is 2.50. The number of carbonyl (C=O) groups is 1. The van der Waals surface area contributed by atoms with Crippen LogP contribution in [0, 0.1) is 0 Å². The molecule has 3 nitrogen and oxygen atoms in total. The molecule has 1 spiro atoms. The third-order valence-electron chi connectivity index (χ3n) is 4.20.